The molecule has 0 spiro atoms. The van der Waals surface area contributed by atoms with E-state index in [0.717, 1.165) is 5.56 Å². The van der Waals surface area contributed by atoms with Gasteiger partial charge >= 0.3 is 0 Å². The van der Waals surface area contributed by atoms with Crippen LogP contribution < -0.4 is 10.0 Å². The standard InChI is InChI=1S/C20H25FN2O3S/c1-3-23-27(25,26)18-10-8-16(9-11-18)12-13-22-20(24)15(2)14-17-6-4-5-7-19(17)21/h4-11,15,23H,3,12-14H2,1-2H3,(H,22,24). The van der Waals surface area contributed by atoms with Crippen LogP contribution in [0.1, 0.15) is 25.0 Å². The van der Waals surface area contributed by atoms with E-state index in [1.807, 2.05) is 0 Å². The number of rotatable bonds is 9. The first-order chi connectivity index (χ1) is 12.8. The second-order valence-electron chi connectivity index (χ2n) is 6.38. The summed E-state index contributed by atoms with van der Waals surface area (Å²) in [6.45, 7) is 4.25. The monoisotopic (exact) mass is 392 g/mol. The third-order valence-corrected chi connectivity index (χ3v) is 5.77. The molecule has 0 saturated carbocycles. The molecule has 146 valence electrons. The molecule has 2 rings (SSSR count). The van der Waals surface area contributed by atoms with Gasteiger partial charge in [-0.15, -0.1) is 0 Å². The van der Waals surface area contributed by atoms with Crippen LogP contribution >= 0.6 is 0 Å². The minimum Gasteiger partial charge on any atom is -0.356 e. The van der Waals surface area contributed by atoms with Crippen molar-refractivity contribution in [2.24, 2.45) is 5.92 Å². The van der Waals surface area contributed by atoms with Gasteiger partial charge in [0.2, 0.25) is 15.9 Å². The van der Waals surface area contributed by atoms with Gasteiger partial charge in [-0.05, 0) is 42.2 Å². The van der Waals surface area contributed by atoms with Gasteiger partial charge in [0, 0.05) is 19.0 Å². The highest BCUT2D eigenvalue weighted by molar-refractivity contribution is 7.89. The lowest BCUT2D eigenvalue weighted by atomic mass is 10.00. The normalized spacial score (nSPS) is 12.6. The third kappa shape index (κ3) is 6.15. The molecule has 27 heavy (non-hydrogen) atoms. The zero-order valence-corrected chi connectivity index (χ0v) is 16.4. The third-order valence-electron chi connectivity index (χ3n) is 4.21. The molecule has 5 nitrogen and oxygen atoms in total. The predicted octanol–water partition coefficient (Wildman–Crippen LogP) is 2.66. The molecule has 7 heteroatoms. The van der Waals surface area contributed by atoms with Gasteiger partial charge in [0.25, 0.3) is 0 Å². The van der Waals surface area contributed by atoms with Crippen LogP contribution in [-0.2, 0) is 27.7 Å². The number of nitrogens with one attached hydrogen (secondary N) is 2. The summed E-state index contributed by atoms with van der Waals surface area (Å²) in [4.78, 5) is 12.4. The molecule has 2 aromatic carbocycles. The zero-order chi connectivity index (χ0) is 19.9. The number of hydrogen-bond donors (Lipinski definition) is 2. The van der Waals surface area contributed by atoms with Gasteiger partial charge in [0.15, 0.2) is 0 Å². The van der Waals surface area contributed by atoms with Crippen LogP contribution in [0, 0.1) is 11.7 Å². The summed E-state index contributed by atoms with van der Waals surface area (Å²) in [6, 6.07) is 13.0. The molecule has 1 amide bonds. The van der Waals surface area contributed by atoms with Crippen molar-refractivity contribution < 1.29 is 17.6 Å². The molecule has 2 N–H and O–H groups in total. The Balaban J connectivity index is 1.83. The van der Waals surface area contributed by atoms with Crippen molar-refractivity contribution in [3.05, 3.63) is 65.5 Å². The largest absolute Gasteiger partial charge is 0.356 e. The lowest BCUT2D eigenvalue weighted by Gasteiger charge is -2.13. The minimum atomic E-state index is -3.46. The maximum Gasteiger partial charge on any atom is 0.240 e. The molecular formula is C20H25FN2O3S. The lowest BCUT2D eigenvalue weighted by Crippen LogP contribution is -2.32. The van der Waals surface area contributed by atoms with Crippen LogP contribution in [0.4, 0.5) is 4.39 Å². The smallest absolute Gasteiger partial charge is 0.240 e. The van der Waals surface area contributed by atoms with E-state index in [-0.39, 0.29) is 22.5 Å². The van der Waals surface area contributed by atoms with E-state index in [4.69, 9.17) is 0 Å². The number of carbonyl (C=O) groups excluding carboxylic acids is 1. The predicted molar refractivity (Wildman–Crippen MR) is 103 cm³/mol. The number of benzene rings is 2. The molecule has 0 radical (unpaired) electrons. The summed E-state index contributed by atoms with van der Waals surface area (Å²) < 4.78 is 39.9. The number of amides is 1. The van der Waals surface area contributed by atoms with Crippen LogP contribution in [0.25, 0.3) is 0 Å². The minimum absolute atomic E-state index is 0.135. The van der Waals surface area contributed by atoms with Gasteiger partial charge in [0.1, 0.15) is 5.82 Å². The summed E-state index contributed by atoms with van der Waals surface area (Å²) in [5.74, 6) is -0.774. The van der Waals surface area contributed by atoms with Crippen LogP contribution in [-0.4, -0.2) is 27.4 Å². The molecule has 2 aromatic rings. The summed E-state index contributed by atoms with van der Waals surface area (Å²) in [5, 5.41) is 2.84. The lowest BCUT2D eigenvalue weighted by molar-refractivity contribution is -0.124. The Bertz CT molecular complexity index is 867. The average Bonchev–Trinajstić information content (AvgIpc) is 2.64. The summed E-state index contributed by atoms with van der Waals surface area (Å²) in [5.41, 5.74) is 1.45. The number of halogens is 1. The van der Waals surface area contributed by atoms with E-state index in [1.54, 1.807) is 56.3 Å². The van der Waals surface area contributed by atoms with Gasteiger partial charge in [-0.25, -0.2) is 17.5 Å². The highest BCUT2D eigenvalue weighted by Crippen LogP contribution is 2.13. The van der Waals surface area contributed by atoms with Gasteiger partial charge in [-0.1, -0.05) is 44.2 Å². The van der Waals surface area contributed by atoms with Gasteiger partial charge in [-0.3, -0.25) is 4.79 Å². The fourth-order valence-corrected chi connectivity index (χ4v) is 3.74. The molecule has 0 aromatic heterocycles. The fourth-order valence-electron chi connectivity index (χ4n) is 2.70. The number of hydrogen-bond acceptors (Lipinski definition) is 3. The Morgan fingerprint density at radius 1 is 1.11 bits per heavy atom. The van der Waals surface area contributed by atoms with Crippen molar-refractivity contribution >= 4 is 15.9 Å². The summed E-state index contributed by atoms with van der Waals surface area (Å²) >= 11 is 0. The Labute approximate surface area is 160 Å². The molecule has 0 saturated heterocycles. The fraction of sp³-hybridized carbons (Fsp3) is 0.350. The molecular weight excluding hydrogens is 367 g/mol. The Kier molecular flexibility index (Phi) is 7.50. The molecule has 1 atom stereocenters. The van der Waals surface area contributed by atoms with Crippen molar-refractivity contribution in [3.8, 4) is 0 Å². The Morgan fingerprint density at radius 3 is 2.41 bits per heavy atom. The first-order valence-electron chi connectivity index (χ1n) is 8.93. The first kappa shape index (κ1) is 21.1. The van der Waals surface area contributed by atoms with Crippen molar-refractivity contribution in [2.75, 3.05) is 13.1 Å². The Hall–Kier alpha value is -2.25. The van der Waals surface area contributed by atoms with Gasteiger partial charge in [0.05, 0.1) is 4.90 Å². The van der Waals surface area contributed by atoms with Crippen LogP contribution in [0.5, 0.6) is 0 Å². The second-order valence-corrected chi connectivity index (χ2v) is 8.15. The molecule has 0 heterocycles. The SMILES string of the molecule is CCNS(=O)(=O)c1ccc(CCNC(=O)C(C)Cc2ccccc2F)cc1. The maximum atomic E-state index is 13.7. The van der Waals surface area contributed by atoms with E-state index in [9.17, 15) is 17.6 Å². The van der Waals surface area contributed by atoms with Crippen LogP contribution in [0.3, 0.4) is 0 Å². The van der Waals surface area contributed by atoms with Crippen molar-refractivity contribution in [1.82, 2.24) is 10.0 Å². The van der Waals surface area contributed by atoms with E-state index in [1.165, 1.54) is 6.07 Å². The molecule has 0 aliphatic heterocycles. The summed E-state index contributed by atoms with van der Waals surface area (Å²) in [6.07, 6.45) is 0.926. The van der Waals surface area contributed by atoms with E-state index < -0.39 is 10.0 Å². The second kappa shape index (κ2) is 9.62. The molecule has 1 unspecified atom stereocenters. The molecule has 0 fully saturated rings. The van der Waals surface area contributed by atoms with E-state index >= 15 is 0 Å². The van der Waals surface area contributed by atoms with Crippen molar-refractivity contribution in [1.29, 1.82) is 0 Å². The zero-order valence-electron chi connectivity index (χ0n) is 15.5. The quantitative estimate of drug-likeness (QED) is 0.689. The van der Waals surface area contributed by atoms with Crippen molar-refractivity contribution in [3.63, 3.8) is 0 Å². The Morgan fingerprint density at radius 2 is 1.78 bits per heavy atom. The average molecular weight is 392 g/mol. The molecule has 0 aliphatic carbocycles. The van der Waals surface area contributed by atoms with E-state index in [2.05, 4.69) is 10.0 Å². The van der Waals surface area contributed by atoms with Gasteiger partial charge < -0.3 is 5.32 Å². The maximum absolute atomic E-state index is 13.7. The highest BCUT2D eigenvalue weighted by atomic mass is 32.2. The topological polar surface area (TPSA) is 75.3 Å². The van der Waals surface area contributed by atoms with Crippen molar-refractivity contribution in [2.45, 2.75) is 31.6 Å². The van der Waals surface area contributed by atoms with E-state index in [0.29, 0.717) is 31.5 Å². The first-order valence-corrected chi connectivity index (χ1v) is 10.4. The number of carbonyl (C=O) groups is 1. The summed E-state index contributed by atoms with van der Waals surface area (Å²) in [7, 11) is -3.46. The van der Waals surface area contributed by atoms with Crippen LogP contribution in [0.2, 0.25) is 0 Å². The molecule has 0 bridgehead atoms. The van der Waals surface area contributed by atoms with Gasteiger partial charge in [-0.2, -0.15) is 0 Å². The molecule has 0 aliphatic rings. The van der Waals surface area contributed by atoms with Crippen LogP contribution in [0.15, 0.2) is 53.4 Å². The number of sulfonamides is 1. The highest BCUT2D eigenvalue weighted by Gasteiger charge is 2.15.